The van der Waals surface area contributed by atoms with Gasteiger partial charge in [-0.2, -0.15) is 4.40 Å². The number of hydrogen-bond donors (Lipinski definition) is 2. The molecule has 0 saturated heterocycles. The van der Waals surface area contributed by atoms with Gasteiger partial charge >= 0.3 is 0 Å². The molecule has 68 valence electrons. The van der Waals surface area contributed by atoms with Crippen LogP contribution in [0.3, 0.4) is 0 Å². The lowest BCUT2D eigenvalue weighted by atomic mass is 10.2. The monoisotopic (exact) mass is 193 g/mol. The normalized spacial score (nSPS) is 11.1. The van der Waals surface area contributed by atoms with Crippen molar-refractivity contribution in [2.24, 2.45) is 9.39 Å². The minimum atomic E-state index is 0.533. The molecule has 0 saturated carbocycles. The van der Waals surface area contributed by atoms with Gasteiger partial charge in [-0.25, -0.2) is 4.99 Å². The van der Waals surface area contributed by atoms with Gasteiger partial charge in [0.2, 0.25) is 0 Å². The van der Waals surface area contributed by atoms with Crippen LogP contribution >= 0.6 is 12.8 Å². The molecule has 1 aromatic rings. The third-order valence-corrected chi connectivity index (χ3v) is 1.87. The van der Waals surface area contributed by atoms with Gasteiger partial charge in [-0.05, 0) is 43.8 Å². The molecule has 0 aliphatic rings. The molecule has 3 nitrogen and oxygen atoms in total. The van der Waals surface area contributed by atoms with Crippen LogP contribution in [0, 0.1) is 0 Å². The maximum Gasteiger partial charge on any atom is 0.166 e. The summed E-state index contributed by atoms with van der Waals surface area (Å²) in [4.78, 5) is 3.74. The molecule has 0 spiro atoms. The lowest BCUT2D eigenvalue weighted by Crippen LogP contribution is -1.95. The second-order valence-electron chi connectivity index (χ2n) is 2.41. The van der Waals surface area contributed by atoms with E-state index in [1.807, 2.05) is 31.3 Å². The van der Waals surface area contributed by atoms with E-state index in [4.69, 9.17) is 0 Å². The summed E-state index contributed by atoms with van der Waals surface area (Å²) in [6, 6.07) is 7.71. The first-order chi connectivity index (χ1) is 6.31. The summed E-state index contributed by atoms with van der Waals surface area (Å²) in [6.07, 6.45) is 0. The Morgan fingerprint density at radius 2 is 2.00 bits per heavy atom. The molecular weight excluding hydrogens is 182 g/mol. The van der Waals surface area contributed by atoms with Crippen molar-refractivity contribution >= 4 is 31.1 Å². The zero-order chi connectivity index (χ0) is 9.68. The van der Waals surface area contributed by atoms with Crippen LogP contribution < -0.4 is 5.32 Å². The van der Waals surface area contributed by atoms with Gasteiger partial charge in [-0.1, -0.05) is 0 Å². The largest absolute Gasteiger partial charge is 0.388 e. The highest BCUT2D eigenvalue weighted by molar-refractivity contribution is 7.79. The van der Waals surface area contributed by atoms with E-state index in [0.717, 1.165) is 11.3 Å². The number of nitrogens with zero attached hydrogens (tertiary/aromatic N) is 2. The Bertz CT molecular complexity index is 316. The highest BCUT2D eigenvalue weighted by atomic mass is 32.1. The Morgan fingerprint density at radius 1 is 1.38 bits per heavy atom. The molecule has 0 bridgehead atoms. The van der Waals surface area contributed by atoms with Crippen LogP contribution in [0.2, 0.25) is 0 Å². The summed E-state index contributed by atoms with van der Waals surface area (Å²) >= 11 is 3.79. The number of aliphatic imine (C=N–C) groups is 1. The van der Waals surface area contributed by atoms with Crippen molar-refractivity contribution in [2.75, 3.05) is 12.4 Å². The minimum absolute atomic E-state index is 0.533. The lowest BCUT2D eigenvalue weighted by Gasteiger charge is -2.01. The quantitative estimate of drug-likeness (QED) is 0.421. The summed E-state index contributed by atoms with van der Waals surface area (Å²) in [5.41, 5.74) is 1.95. The zero-order valence-corrected chi connectivity index (χ0v) is 8.25. The van der Waals surface area contributed by atoms with Gasteiger partial charge < -0.3 is 5.32 Å². The van der Waals surface area contributed by atoms with Gasteiger partial charge in [0.15, 0.2) is 5.84 Å². The first-order valence-corrected chi connectivity index (χ1v) is 4.18. The fourth-order valence-electron chi connectivity index (χ4n) is 0.967. The molecule has 1 rings (SSSR count). The van der Waals surface area contributed by atoms with Gasteiger partial charge in [0.25, 0.3) is 0 Å². The van der Waals surface area contributed by atoms with Gasteiger partial charge in [-0.3, -0.25) is 0 Å². The van der Waals surface area contributed by atoms with Crippen LogP contribution in [0.1, 0.15) is 5.56 Å². The van der Waals surface area contributed by atoms with Gasteiger partial charge in [-0.15, -0.1) is 0 Å². The van der Waals surface area contributed by atoms with E-state index >= 15 is 0 Å². The highest BCUT2D eigenvalue weighted by Crippen LogP contribution is 2.10. The molecule has 0 aliphatic carbocycles. The molecule has 0 radical (unpaired) electrons. The van der Waals surface area contributed by atoms with E-state index in [1.54, 1.807) is 0 Å². The van der Waals surface area contributed by atoms with Crippen molar-refractivity contribution in [1.29, 1.82) is 0 Å². The Balaban J connectivity index is 2.97. The first kappa shape index (κ1) is 9.80. The van der Waals surface area contributed by atoms with Crippen molar-refractivity contribution in [3.8, 4) is 0 Å². The van der Waals surface area contributed by atoms with Crippen LogP contribution in [0.15, 0.2) is 33.7 Å². The smallest absolute Gasteiger partial charge is 0.166 e. The predicted molar refractivity (Wildman–Crippen MR) is 61.1 cm³/mol. The second-order valence-corrected chi connectivity index (χ2v) is 2.61. The van der Waals surface area contributed by atoms with E-state index in [-0.39, 0.29) is 0 Å². The maximum absolute atomic E-state index is 3.79. The Kier molecular flexibility index (Phi) is 3.52. The van der Waals surface area contributed by atoms with Gasteiger partial charge in [0, 0.05) is 18.3 Å². The third kappa shape index (κ3) is 2.32. The first-order valence-electron chi connectivity index (χ1n) is 3.78. The summed E-state index contributed by atoms with van der Waals surface area (Å²) < 4.78 is 3.69. The summed E-state index contributed by atoms with van der Waals surface area (Å²) in [7, 11) is 1.87. The van der Waals surface area contributed by atoms with E-state index in [1.165, 1.54) is 0 Å². The maximum atomic E-state index is 3.79. The van der Waals surface area contributed by atoms with Crippen LogP contribution in [-0.4, -0.2) is 19.6 Å². The van der Waals surface area contributed by atoms with Gasteiger partial charge in [0.05, 0.1) is 0 Å². The van der Waals surface area contributed by atoms with Crippen molar-refractivity contribution in [3.05, 3.63) is 29.8 Å². The predicted octanol–water partition coefficient (Wildman–Crippen LogP) is 2.02. The van der Waals surface area contributed by atoms with Crippen molar-refractivity contribution < 1.29 is 0 Å². The topological polar surface area (TPSA) is 36.8 Å². The number of thiol groups is 1. The molecule has 0 unspecified atom stereocenters. The van der Waals surface area contributed by atoms with Crippen molar-refractivity contribution in [2.45, 2.75) is 0 Å². The molecule has 0 fully saturated rings. The van der Waals surface area contributed by atoms with E-state index < -0.39 is 0 Å². The standard InChI is InChI=1S/C9H11N3S/c1-10-8-5-3-7(4-6-8)9(11-2)12-13/h3-6,10,13H,2H2,1H3/b12-9-. The molecular formula is C9H11N3S. The van der Waals surface area contributed by atoms with E-state index in [9.17, 15) is 0 Å². The molecule has 0 aromatic heterocycles. The average molecular weight is 193 g/mol. The summed E-state index contributed by atoms with van der Waals surface area (Å²) in [5.74, 6) is 0.533. The van der Waals surface area contributed by atoms with Crippen LogP contribution in [0.5, 0.6) is 0 Å². The molecule has 13 heavy (non-hydrogen) atoms. The van der Waals surface area contributed by atoms with Crippen LogP contribution in [0.25, 0.3) is 0 Å². The van der Waals surface area contributed by atoms with Crippen LogP contribution in [0.4, 0.5) is 5.69 Å². The second kappa shape index (κ2) is 4.67. The Hall–Kier alpha value is -1.29. The minimum Gasteiger partial charge on any atom is -0.388 e. The fourth-order valence-corrected chi connectivity index (χ4v) is 1.15. The number of hydrogen-bond acceptors (Lipinski definition) is 3. The molecule has 0 heterocycles. The van der Waals surface area contributed by atoms with Crippen LogP contribution in [-0.2, 0) is 0 Å². The number of amidine groups is 1. The van der Waals surface area contributed by atoms with E-state index in [2.05, 4.69) is 34.2 Å². The SMILES string of the molecule is C=N/C(=N\S)c1ccc(NC)cc1. The number of nitrogens with one attached hydrogen (secondary N) is 1. The Labute approximate surface area is 83.2 Å². The molecule has 1 N–H and O–H groups in total. The van der Waals surface area contributed by atoms with Crippen molar-refractivity contribution in [3.63, 3.8) is 0 Å². The van der Waals surface area contributed by atoms with Gasteiger partial charge in [0.1, 0.15) is 0 Å². The average Bonchev–Trinajstić information content (AvgIpc) is 2.21. The molecule has 0 aliphatic heterocycles. The third-order valence-electron chi connectivity index (χ3n) is 1.68. The number of benzene rings is 1. The summed E-state index contributed by atoms with van der Waals surface area (Å²) in [6.45, 7) is 3.41. The Morgan fingerprint density at radius 3 is 2.38 bits per heavy atom. The molecule has 1 aromatic carbocycles. The number of rotatable bonds is 2. The fraction of sp³-hybridized carbons (Fsp3) is 0.111. The zero-order valence-electron chi connectivity index (χ0n) is 7.36. The molecule has 0 amide bonds. The lowest BCUT2D eigenvalue weighted by molar-refractivity contribution is 1.49. The molecule has 0 atom stereocenters. The molecule has 4 heteroatoms. The van der Waals surface area contributed by atoms with E-state index in [0.29, 0.717) is 5.84 Å². The highest BCUT2D eigenvalue weighted by Gasteiger charge is 1.98. The van der Waals surface area contributed by atoms with Crippen molar-refractivity contribution in [1.82, 2.24) is 0 Å². The summed E-state index contributed by atoms with van der Waals surface area (Å²) in [5, 5.41) is 3.02. The number of anilines is 1.